The van der Waals surface area contributed by atoms with Crippen molar-refractivity contribution in [1.82, 2.24) is 0 Å². The lowest BCUT2D eigenvalue weighted by Gasteiger charge is -2.07. The fraction of sp³-hybridized carbons (Fsp3) is 0.364. The third-order valence-corrected chi connectivity index (χ3v) is 2.18. The topological polar surface area (TPSA) is 38.3 Å². The Balaban J connectivity index is 2.60. The molecule has 0 fully saturated rings. The molecule has 0 saturated carbocycles. The van der Waals surface area contributed by atoms with Crippen molar-refractivity contribution >= 4 is 27.7 Å². The lowest BCUT2D eigenvalue weighted by molar-refractivity contribution is 0.161. The van der Waals surface area contributed by atoms with Crippen LogP contribution in [0.3, 0.4) is 0 Å². The van der Waals surface area contributed by atoms with E-state index in [-0.39, 0.29) is 0 Å². The number of carbonyl (C=O) groups is 1. The zero-order valence-corrected chi connectivity index (χ0v) is 10.4. The summed E-state index contributed by atoms with van der Waals surface area (Å²) in [5.41, 5.74) is 1.82. The van der Waals surface area contributed by atoms with Gasteiger partial charge in [0.25, 0.3) is 0 Å². The second-order valence-corrected chi connectivity index (χ2v) is 4.19. The minimum Gasteiger partial charge on any atom is -0.449 e. The largest absolute Gasteiger partial charge is 0.449 e. The van der Waals surface area contributed by atoms with Gasteiger partial charge in [-0.2, -0.15) is 0 Å². The summed E-state index contributed by atoms with van der Waals surface area (Å²) in [4.78, 5) is 11.2. The van der Waals surface area contributed by atoms with Gasteiger partial charge in [-0.15, -0.1) is 0 Å². The maximum atomic E-state index is 11.2. The van der Waals surface area contributed by atoms with E-state index in [1.165, 1.54) is 0 Å². The van der Waals surface area contributed by atoms with Crippen molar-refractivity contribution in [3.8, 4) is 0 Å². The van der Waals surface area contributed by atoms with E-state index in [4.69, 9.17) is 4.74 Å². The second kappa shape index (κ2) is 5.75. The van der Waals surface area contributed by atoms with Crippen LogP contribution in [0.2, 0.25) is 0 Å². The summed E-state index contributed by atoms with van der Waals surface area (Å²) >= 11 is 3.36. The summed E-state index contributed by atoms with van der Waals surface area (Å²) in [5.74, 6) is 0. The number of amides is 1. The standard InChI is InChI=1S/C11H14BrNO2/c1-3-4-15-11(14)13-10-6-8(2)5-9(12)7-10/h5-7H,3-4H2,1-2H3,(H,13,14). The summed E-state index contributed by atoms with van der Waals surface area (Å²) in [6.45, 7) is 4.36. The normalized spacial score (nSPS) is 9.80. The van der Waals surface area contributed by atoms with Gasteiger partial charge in [0.05, 0.1) is 6.61 Å². The molecule has 1 aromatic carbocycles. The highest BCUT2D eigenvalue weighted by atomic mass is 79.9. The van der Waals surface area contributed by atoms with Gasteiger partial charge in [0.15, 0.2) is 0 Å². The molecule has 0 aliphatic rings. The Labute approximate surface area is 97.9 Å². The number of halogens is 1. The summed E-state index contributed by atoms with van der Waals surface area (Å²) in [5, 5.41) is 2.67. The minimum absolute atomic E-state index is 0.408. The lowest BCUT2D eigenvalue weighted by atomic mass is 10.2. The van der Waals surface area contributed by atoms with Gasteiger partial charge in [-0.3, -0.25) is 5.32 Å². The summed E-state index contributed by atoms with van der Waals surface area (Å²) in [6.07, 6.45) is 0.416. The number of ether oxygens (including phenoxy) is 1. The first-order valence-corrected chi connectivity index (χ1v) is 5.62. The Morgan fingerprint density at radius 2 is 2.20 bits per heavy atom. The number of hydrogen-bond donors (Lipinski definition) is 1. The van der Waals surface area contributed by atoms with Crippen molar-refractivity contribution in [3.63, 3.8) is 0 Å². The molecule has 15 heavy (non-hydrogen) atoms. The van der Waals surface area contributed by atoms with Gasteiger partial charge in [-0.1, -0.05) is 22.9 Å². The van der Waals surface area contributed by atoms with Gasteiger partial charge in [0.1, 0.15) is 0 Å². The fourth-order valence-electron chi connectivity index (χ4n) is 1.16. The molecule has 0 bridgehead atoms. The average molecular weight is 272 g/mol. The van der Waals surface area contributed by atoms with Crippen LogP contribution >= 0.6 is 15.9 Å². The molecule has 1 N–H and O–H groups in total. The Hall–Kier alpha value is -1.03. The molecule has 0 radical (unpaired) electrons. The average Bonchev–Trinajstić information content (AvgIpc) is 2.13. The molecule has 0 heterocycles. The lowest BCUT2D eigenvalue weighted by Crippen LogP contribution is -2.14. The van der Waals surface area contributed by atoms with Gasteiger partial charge in [-0.05, 0) is 37.1 Å². The smallest absolute Gasteiger partial charge is 0.411 e. The van der Waals surface area contributed by atoms with Gasteiger partial charge in [0, 0.05) is 10.2 Å². The number of anilines is 1. The molecule has 1 rings (SSSR count). The maximum absolute atomic E-state index is 11.2. The van der Waals surface area contributed by atoms with Gasteiger partial charge in [-0.25, -0.2) is 4.79 Å². The van der Waals surface area contributed by atoms with Gasteiger partial charge < -0.3 is 4.74 Å². The van der Waals surface area contributed by atoms with Crippen LogP contribution in [0.15, 0.2) is 22.7 Å². The number of nitrogens with one attached hydrogen (secondary N) is 1. The molecule has 0 aliphatic carbocycles. The molecule has 0 atom stereocenters. The van der Waals surface area contributed by atoms with E-state index >= 15 is 0 Å². The van der Waals surface area contributed by atoms with Crippen molar-refractivity contribution < 1.29 is 9.53 Å². The van der Waals surface area contributed by atoms with Crippen LogP contribution in [-0.4, -0.2) is 12.7 Å². The van der Waals surface area contributed by atoms with Gasteiger partial charge in [0.2, 0.25) is 0 Å². The Morgan fingerprint density at radius 1 is 1.47 bits per heavy atom. The molecular formula is C11H14BrNO2. The Kier molecular flexibility index (Phi) is 4.62. The highest BCUT2D eigenvalue weighted by Crippen LogP contribution is 2.19. The molecular weight excluding hydrogens is 258 g/mol. The van der Waals surface area contributed by atoms with Crippen molar-refractivity contribution in [2.75, 3.05) is 11.9 Å². The van der Waals surface area contributed by atoms with E-state index in [0.717, 1.165) is 22.1 Å². The maximum Gasteiger partial charge on any atom is 0.411 e. The van der Waals surface area contributed by atoms with E-state index in [1.54, 1.807) is 0 Å². The molecule has 3 nitrogen and oxygen atoms in total. The van der Waals surface area contributed by atoms with Crippen LogP contribution in [0.5, 0.6) is 0 Å². The van der Waals surface area contributed by atoms with E-state index in [1.807, 2.05) is 32.0 Å². The van der Waals surface area contributed by atoms with Crippen LogP contribution in [0.4, 0.5) is 10.5 Å². The van der Waals surface area contributed by atoms with Crippen molar-refractivity contribution in [1.29, 1.82) is 0 Å². The molecule has 0 aromatic heterocycles. The third-order valence-electron chi connectivity index (χ3n) is 1.73. The molecule has 0 spiro atoms. The highest BCUT2D eigenvalue weighted by Gasteiger charge is 2.03. The summed E-state index contributed by atoms with van der Waals surface area (Å²) < 4.78 is 5.85. The molecule has 1 aromatic rings. The van der Waals surface area contributed by atoms with Crippen LogP contribution in [0, 0.1) is 6.92 Å². The third kappa shape index (κ3) is 4.34. The van der Waals surface area contributed by atoms with Crippen LogP contribution < -0.4 is 5.32 Å². The first-order chi connectivity index (χ1) is 7.11. The zero-order chi connectivity index (χ0) is 11.3. The van der Waals surface area contributed by atoms with E-state index in [9.17, 15) is 4.79 Å². The van der Waals surface area contributed by atoms with E-state index in [0.29, 0.717) is 6.61 Å². The molecule has 0 unspecified atom stereocenters. The van der Waals surface area contributed by atoms with E-state index in [2.05, 4.69) is 21.2 Å². The van der Waals surface area contributed by atoms with E-state index < -0.39 is 6.09 Å². The number of carbonyl (C=O) groups excluding carboxylic acids is 1. The molecule has 4 heteroatoms. The van der Waals surface area contributed by atoms with Crippen LogP contribution in [0.1, 0.15) is 18.9 Å². The Bertz CT molecular complexity index is 332. The fourth-order valence-corrected chi connectivity index (χ4v) is 1.76. The van der Waals surface area contributed by atoms with Crippen molar-refractivity contribution in [2.45, 2.75) is 20.3 Å². The quantitative estimate of drug-likeness (QED) is 0.910. The number of aryl methyl sites for hydroxylation is 1. The first-order valence-electron chi connectivity index (χ1n) is 4.83. The molecule has 1 amide bonds. The number of hydrogen-bond acceptors (Lipinski definition) is 2. The summed E-state index contributed by atoms with van der Waals surface area (Å²) in [6, 6.07) is 5.70. The van der Waals surface area contributed by atoms with Crippen molar-refractivity contribution in [3.05, 3.63) is 28.2 Å². The van der Waals surface area contributed by atoms with Gasteiger partial charge >= 0.3 is 6.09 Å². The monoisotopic (exact) mass is 271 g/mol. The minimum atomic E-state index is -0.408. The molecule has 0 aliphatic heterocycles. The molecule has 82 valence electrons. The Morgan fingerprint density at radius 3 is 2.80 bits per heavy atom. The second-order valence-electron chi connectivity index (χ2n) is 3.28. The number of benzene rings is 1. The number of rotatable bonds is 3. The molecule has 0 saturated heterocycles. The SMILES string of the molecule is CCCOC(=O)Nc1cc(C)cc(Br)c1. The summed E-state index contributed by atoms with van der Waals surface area (Å²) in [7, 11) is 0. The van der Waals surface area contributed by atoms with Crippen LogP contribution in [-0.2, 0) is 4.74 Å². The van der Waals surface area contributed by atoms with Crippen LogP contribution in [0.25, 0.3) is 0 Å². The zero-order valence-electron chi connectivity index (χ0n) is 8.84. The van der Waals surface area contributed by atoms with Crippen molar-refractivity contribution in [2.24, 2.45) is 0 Å². The predicted octanol–water partition coefficient (Wildman–Crippen LogP) is 3.72. The predicted molar refractivity (Wildman–Crippen MR) is 64.1 cm³/mol. The first kappa shape index (κ1) is 12.0. The highest BCUT2D eigenvalue weighted by molar-refractivity contribution is 9.10.